The van der Waals surface area contributed by atoms with Crippen LogP contribution in [0.3, 0.4) is 0 Å². The number of ketones is 2. The summed E-state index contributed by atoms with van der Waals surface area (Å²) in [6.45, 7) is 7.64. The van der Waals surface area contributed by atoms with Gasteiger partial charge in [-0.05, 0) is 12.3 Å². The molecule has 2 atom stereocenters. The molecule has 13 heavy (non-hydrogen) atoms. The number of carbonyl (C=O) groups is 2. The first kappa shape index (κ1) is 10.4. The Morgan fingerprint density at radius 2 is 1.77 bits per heavy atom. The van der Waals surface area contributed by atoms with Gasteiger partial charge in [-0.25, -0.2) is 0 Å². The van der Waals surface area contributed by atoms with E-state index in [9.17, 15) is 9.59 Å². The van der Waals surface area contributed by atoms with E-state index >= 15 is 0 Å². The van der Waals surface area contributed by atoms with Gasteiger partial charge in [0.2, 0.25) is 0 Å². The van der Waals surface area contributed by atoms with E-state index in [0.717, 1.165) is 6.42 Å². The Balaban J connectivity index is 2.41. The SMILES string of the molecule is CC1CC1C(=O)CC(=O)C(C)(C)C. The second kappa shape index (κ2) is 3.24. The van der Waals surface area contributed by atoms with Gasteiger partial charge in [0.25, 0.3) is 0 Å². The Morgan fingerprint density at radius 1 is 1.31 bits per heavy atom. The lowest BCUT2D eigenvalue weighted by Gasteiger charge is -2.15. The first-order chi connectivity index (χ1) is 5.82. The Kier molecular flexibility index (Phi) is 2.60. The maximum atomic E-state index is 11.5. The highest BCUT2D eigenvalue weighted by atomic mass is 16.1. The fraction of sp³-hybridized carbons (Fsp3) is 0.818. The summed E-state index contributed by atoms with van der Waals surface area (Å²) in [7, 11) is 0. The van der Waals surface area contributed by atoms with Gasteiger partial charge in [0.1, 0.15) is 11.6 Å². The molecule has 1 fully saturated rings. The molecule has 0 saturated heterocycles. The van der Waals surface area contributed by atoms with E-state index in [0.29, 0.717) is 5.92 Å². The third-order valence-corrected chi connectivity index (χ3v) is 2.69. The number of hydrogen-bond acceptors (Lipinski definition) is 2. The molecule has 0 bridgehead atoms. The zero-order chi connectivity index (χ0) is 10.2. The summed E-state index contributed by atoms with van der Waals surface area (Å²) in [5, 5.41) is 0. The van der Waals surface area contributed by atoms with Crippen molar-refractivity contribution in [2.45, 2.75) is 40.5 Å². The second-order valence-electron chi connectivity index (χ2n) is 5.14. The fourth-order valence-electron chi connectivity index (χ4n) is 1.33. The lowest BCUT2D eigenvalue weighted by atomic mass is 9.87. The third-order valence-electron chi connectivity index (χ3n) is 2.69. The molecule has 1 rings (SSSR count). The van der Waals surface area contributed by atoms with Crippen molar-refractivity contribution in [1.29, 1.82) is 0 Å². The molecular formula is C11H18O2. The Morgan fingerprint density at radius 3 is 2.08 bits per heavy atom. The largest absolute Gasteiger partial charge is 0.299 e. The van der Waals surface area contributed by atoms with Crippen LogP contribution < -0.4 is 0 Å². The van der Waals surface area contributed by atoms with Crippen LogP contribution in [0, 0.1) is 17.3 Å². The normalized spacial score (nSPS) is 27.1. The van der Waals surface area contributed by atoms with E-state index < -0.39 is 0 Å². The third kappa shape index (κ3) is 2.64. The van der Waals surface area contributed by atoms with Crippen LogP contribution in [-0.4, -0.2) is 11.6 Å². The van der Waals surface area contributed by atoms with Gasteiger partial charge in [-0.2, -0.15) is 0 Å². The number of rotatable bonds is 3. The molecule has 2 nitrogen and oxygen atoms in total. The van der Waals surface area contributed by atoms with Crippen LogP contribution in [0.15, 0.2) is 0 Å². The average molecular weight is 182 g/mol. The van der Waals surface area contributed by atoms with Crippen molar-refractivity contribution in [3.63, 3.8) is 0 Å². The highest BCUT2D eigenvalue weighted by molar-refractivity contribution is 6.03. The summed E-state index contributed by atoms with van der Waals surface area (Å²) in [5.74, 6) is 0.913. The van der Waals surface area contributed by atoms with Crippen molar-refractivity contribution in [3.8, 4) is 0 Å². The number of hydrogen-bond donors (Lipinski definition) is 0. The molecule has 0 aromatic rings. The standard InChI is InChI=1S/C11H18O2/c1-7-5-8(7)9(12)6-10(13)11(2,3)4/h7-8H,5-6H2,1-4H3. The monoisotopic (exact) mass is 182 g/mol. The summed E-state index contributed by atoms with van der Waals surface area (Å²) in [6.07, 6.45) is 1.12. The van der Waals surface area contributed by atoms with Crippen LogP contribution in [-0.2, 0) is 9.59 Å². The quantitative estimate of drug-likeness (QED) is 0.627. The molecule has 2 unspecified atom stereocenters. The van der Waals surface area contributed by atoms with E-state index in [1.165, 1.54) is 0 Å². The predicted molar refractivity (Wildman–Crippen MR) is 51.4 cm³/mol. The molecule has 2 heteroatoms. The molecule has 0 aromatic heterocycles. The van der Waals surface area contributed by atoms with Gasteiger partial charge in [0, 0.05) is 11.3 Å². The van der Waals surface area contributed by atoms with Crippen molar-refractivity contribution >= 4 is 11.6 Å². The lowest BCUT2D eigenvalue weighted by Crippen LogP contribution is -2.23. The molecule has 0 spiro atoms. The smallest absolute Gasteiger partial charge is 0.145 e. The summed E-state index contributed by atoms with van der Waals surface area (Å²) >= 11 is 0. The van der Waals surface area contributed by atoms with Gasteiger partial charge < -0.3 is 0 Å². The lowest BCUT2D eigenvalue weighted by molar-refractivity contribution is -0.132. The van der Waals surface area contributed by atoms with Gasteiger partial charge >= 0.3 is 0 Å². The molecule has 0 aromatic carbocycles. The minimum atomic E-state index is -0.367. The van der Waals surface area contributed by atoms with E-state index in [4.69, 9.17) is 0 Å². The fourth-order valence-corrected chi connectivity index (χ4v) is 1.33. The zero-order valence-electron chi connectivity index (χ0n) is 8.89. The van der Waals surface area contributed by atoms with Gasteiger partial charge in [-0.15, -0.1) is 0 Å². The minimum Gasteiger partial charge on any atom is -0.299 e. The van der Waals surface area contributed by atoms with Crippen molar-refractivity contribution in [3.05, 3.63) is 0 Å². The van der Waals surface area contributed by atoms with Crippen LogP contribution in [0.25, 0.3) is 0 Å². The molecule has 0 N–H and O–H groups in total. The highest BCUT2D eigenvalue weighted by Crippen LogP contribution is 2.39. The number of carbonyl (C=O) groups excluding carboxylic acids is 2. The van der Waals surface area contributed by atoms with E-state index in [1.54, 1.807) is 0 Å². The van der Waals surface area contributed by atoms with Crippen LogP contribution in [0.4, 0.5) is 0 Å². The molecule has 0 aliphatic heterocycles. The highest BCUT2D eigenvalue weighted by Gasteiger charge is 2.40. The Hall–Kier alpha value is -0.660. The second-order valence-corrected chi connectivity index (χ2v) is 5.14. The van der Waals surface area contributed by atoms with Crippen LogP contribution >= 0.6 is 0 Å². The van der Waals surface area contributed by atoms with Gasteiger partial charge in [0.05, 0.1) is 6.42 Å². The summed E-state index contributed by atoms with van der Waals surface area (Å²) < 4.78 is 0. The van der Waals surface area contributed by atoms with Crippen LogP contribution in [0.2, 0.25) is 0 Å². The summed E-state index contributed by atoms with van der Waals surface area (Å²) in [5.41, 5.74) is -0.367. The topological polar surface area (TPSA) is 34.1 Å². The molecule has 0 heterocycles. The van der Waals surface area contributed by atoms with E-state index in [-0.39, 0.29) is 29.3 Å². The van der Waals surface area contributed by atoms with Crippen molar-refractivity contribution < 1.29 is 9.59 Å². The van der Waals surface area contributed by atoms with Crippen molar-refractivity contribution in [1.82, 2.24) is 0 Å². The first-order valence-corrected chi connectivity index (χ1v) is 4.88. The van der Waals surface area contributed by atoms with Gasteiger partial charge in [-0.1, -0.05) is 27.7 Å². The minimum absolute atomic E-state index is 0.0663. The molecule has 0 radical (unpaired) electrons. The maximum absolute atomic E-state index is 11.5. The molecule has 74 valence electrons. The average Bonchev–Trinajstić information content (AvgIpc) is 2.64. The Bertz CT molecular complexity index is 235. The molecule has 1 aliphatic carbocycles. The first-order valence-electron chi connectivity index (χ1n) is 4.88. The van der Waals surface area contributed by atoms with Crippen molar-refractivity contribution in [2.24, 2.45) is 17.3 Å². The van der Waals surface area contributed by atoms with Gasteiger partial charge in [-0.3, -0.25) is 9.59 Å². The molecular weight excluding hydrogens is 164 g/mol. The van der Waals surface area contributed by atoms with Crippen LogP contribution in [0.1, 0.15) is 40.5 Å². The molecule has 1 saturated carbocycles. The van der Waals surface area contributed by atoms with Crippen molar-refractivity contribution in [2.75, 3.05) is 0 Å². The molecule has 0 amide bonds. The van der Waals surface area contributed by atoms with E-state index in [1.807, 2.05) is 20.8 Å². The Labute approximate surface area is 79.7 Å². The predicted octanol–water partition coefficient (Wildman–Crippen LogP) is 2.22. The zero-order valence-corrected chi connectivity index (χ0v) is 8.89. The summed E-state index contributed by atoms with van der Waals surface area (Å²) in [4.78, 5) is 22.9. The molecule has 1 aliphatic rings. The van der Waals surface area contributed by atoms with E-state index in [2.05, 4.69) is 6.92 Å². The van der Waals surface area contributed by atoms with Crippen LogP contribution in [0.5, 0.6) is 0 Å². The van der Waals surface area contributed by atoms with Gasteiger partial charge in [0.15, 0.2) is 0 Å². The number of Topliss-reactive ketones (excluding diaryl/α,β-unsaturated/α-hetero) is 2. The maximum Gasteiger partial charge on any atom is 0.145 e. The summed E-state index contributed by atoms with van der Waals surface area (Å²) in [6, 6.07) is 0.